The molecule has 0 saturated heterocycles. The Morgan fingerprint density at radius 3 is 2.38 bits per heavy atom. The fraction of sp³-hybridized carbons (Fsp3) is 0.294. The van der Waals surface area contributed by atoms with Gasteiger partial charge in [-0.25, -0.2) is 8.42 Å². The fourth-order valence-corrected chi connectivity index (χ4v) is 3.05. The van der Waals surface area contributed by atoms with Crippen molar-refractivity contribution in [1.29, 1.82) is 0 Å². The Morgan fingerprint density at radius 2 is 1.77 bits per heavy atom. The molecule has 0 fully saturated rings. The number of aryl methyl sites for hydroxylation is 1. The second-order valence-electron chi connectivity index (χ2n) is 5.85. The van der Waals surface area contributed by atoms with Gasteiger partial charge in [0.2, 0.25) is 0 Å². The Balaban J connectivity index is 1.64. The van der Waals surface area contributed by atoms with Crippen molar-refractivity contribution in [2.45, 2.75) is 30.0 Å². The number of ether oxygens (including phenoxy) is 2. The van der Waals surface area contributed by atoms with Crippen molar-refractivity contribution in [3.05, 3.63) is 53.6 Å². The van der Waals surface area contributed by atoms with Crippen molar-refractivity contribution in [3.8, 4) is 11.5 Å². The molecule has 0 N–H and O–H groups in total. The predicted molar refractivity (Wildman–Crippen MR) is 84.1 cm³/mol. The standard InChI is InChI=1S/C17H15F3O5S/c18-17(19,20)12-4-8-15-16(9-12)25-13(10-24-15)5-1-11-2-6-14(7-3-11)26(21,22)23/h2-4,6-9,13H,1,5,10H2,(H,21,22,23)/p-1/t13-/m1/s1. The van der Waals surface area contributed by atoms with Crippen LogP contribution >= 0.6 is 0 Å². The number of hydrogen-bond acceptors (Lipinski definition) is 5. The largest absolute Gasteiger partial charge is 0.744 e. The third kappa shape index (κ3) is 4.28. The first kappa shape index (κ1) is 18.5. The molecule has 1 heterocycles. The summed E-state index contributed by atoms with van der Waals surface area (Å²) in [6.07, 6.45) is -3.95. The second kappa shape index (κ2) is 6.81. The molecule has 1 aliphatic heterocycles. The molecule has 0 bridgehead atoms. The molecular weight excluding hydrogens is 373 g/mol. The molecule has 0 spiro atoms. The van der Waals surface area contributed by atoms with Gasteiger partial charge >= 0.3 is 6.18 Å². The highest BCUT2D eigenvalue weighted by Crippen LogP contribution is 2.38. The monoisotopic (exact) mass is 387 g/mol. The van der Waals surface area contributed by atoms with Gasteiger partial charge in [-0.1, -0.05) is 12.1 Å². The van der Waals surface area contributed by atoms with E-state index in [9.17, 15) is 26.1 Å². The molecule has 0 aromatic heterocycles. The van der Waals surface area contributed by atoms with E-state index in [-0.39, 0.29) is 23.0 Å². The first-order valence-electron chi connectivity index (χ1n) is 7.68. The molecule has 3 rings (SSSR count). The van der Waals surface area contributed by atoms with Gasteiger partial charge in [-0.05, 0) is 48.7 Å². The van der Waals surface area contributed by atoms with Gasteiger partial charge in [0.15, 0.2) is 11.5 Å². The van der Waals surface area contributed by atoms with Crippen molar-refractivity contribution in [3.63, 3.8) is 0 Å². The average Bonchev–Trinajstić information content (AvgIpc) is 2.58. The topological polar surface area (TPSA) is 75.7 Å². The number of rotatable bonds is 4. The Kier molecular flexibility index (Phi) is 4.85. The van der Waals surface area contributed by atoms with Crippen LogP contribution in [0.25, 0.3) is 0 Å². The molecule has 5 nitrogen and oxygen atoms in total. The minimum absolute atomic E-state index is 0.0453. The highest BCUT2D eigenvalue weighted by molar-refractivity contribution is 7.85. The molecule has 1 aliphatic rings. The van der Waals surface area contributed by atoms with E-state index in [1.807, 2.05) is 0 Å². The molecular formula is C17H14F3O5S-. The number of hydrogen-bond donors (Lipinski definition) is 0. The molecule has 0 radical (unpaired) electrons. The maximum atomic E-state index is 12.8. The average molecular weight is 387 g/mol. The first-order valence-corrected chi connectivity index (χ1v) is 9.09. The van der Waals surface area contributed by atoms with Crippen LogP contribution in [0.15, 0.2) is 47.4 Å². The summed E-state index contributed by atoms with van der Waals surface area (Å²) >= 11 is 0. The summed E-state index contributed by atoms with van der Waals surface area (Å²) in [6.45, 7) is 0.200. The van der Waals surface area contributed by atoms with Crippen LogP contribution in [0.4, 0.5) is 13.2 Å². The predicted octanol–water partition coefficient (Wildman–Crippen LogP) is 3.38. The van der Waals surface area contributed by atoms with E-state index < -0.39 is 28.0 Å². The zero-order valence-electron chi connectivity index (χ0n) is 13.3. The Bertz CT molecular complexity index is 892. The van der Waals surface area contributed by atoms with Gasteiger partial charge in [0.05, 0.1) is 10.5 Å². The normalized spacial score (nSPS) is 17.2. The zero-order chi connectivity index (χ0) is 18.9. The number of fused-ring (bicyclic) bond motifs is 1. The molecule has 2 aromatic carbocycles. The van der Waals surface area contributed by atoms with Gasteiger partial charge < -0.3 is 14.0 Å². The van der Waals surface area contributed by atoms with E-state index in [1.165, 1.54) is 30.3 Å². The minimum atomic E-state index is -4.49. The van der Waals surface area contributed by atoms with Crippen LogP contribution in [-0.4, -0.2) is 25.7 Å². The molecule has 0 amide bonds. The van der Waals surface area contributed by atoms with Crippen LogP contribution in [0.1, 0.15) is 17.5 Å². The summed E-state index contributed by atoms with van der Waals surface area (Å²) in [4.78, 5) is -0.313. The van der Waals surface area contributed by atoms with Crippen LogP contribution in [0.2, 0.25) is 0 Å². The number of alkyl halides is 3. The molecule has 9 heteroatoms. The molecule has 1 atom stereocenters. The van der Waals surface area contributed by atoms with Gasteiger partial charge in [0, 0.05) is 0 Å². The summed E-state index contributed by atoms with van der Waals surface area (Å²) in [5.41, 5.74) is -0.0363. The van der Waals surface area contributed by atoms with Gasteiger partial charge in [-0.3, -0.25) is 0 Å². The number of halogens is 3. The lowest BCUT2D eigenvalue weighted by molar-refractivity contribution is -0.137. The van der Waals surface area contributed by atoms with Crippen molar-refractivity contribution in [2.24, 2.45) is 0 Å². The SMILES string of the molecule is O=S(=O)([O-])c1ccc(CC[C@@H]2COc3ccc(C(F)(F)F)cc3O2)cc1. The quantitative estimate of drug-likeness (QED) is 0.752. The third-order valence-electron chi connectivity index (χ3n) is 3.96. The number of benzene rings is 2. The maximum absolute atomic E-state index is 12.8. The van der Waals surface area contributed by atoms with E-state index in [1.54, 1.807) is 0 Å². The second-order valence-corrected chi connectivity index (χ2v) is 7.23. The van der Waals surface area contributed by atoms with Gasteiger partial charge in [0.25, 0.3) is 0 Å². The summed E-state index contributed by atoms with van der Waals surface area (Å²) in [5, 5.41) is 0. The smallest absolute Gasteiger partial charge is 0.416 e. The molecule has 26 heavy (non-hydrogen) atoms. The minimum Gasteiger partial charge on any atom is -0.744 e. The van der Waals surface area contributed by atoms with Crippen molar-refractivity contribution >= 4 is 10.1 Å². The first-order chi connectivity index (χ1) is 12.1. The van der Waals surface area contributed by atoms with Crippen LogP contribution in [0.5, 0.6) is 11.5 Å². The van der Waals surface area contributed by atoms with E-state index in [4.69, 9.17) is 9.47 Å². The molecule has 0 unspecified atom stereocenters. The lowest BCUT2D eigenvalue weighted by Gasteiger charge is -2.27. The molecule has 2 aromatic rings. The maximum Gasteiger partial charge on any atom is 0.416 e. The summed E-state index contributed by atoms with van der Waals surface area (Å²) < 4.78 is 82.1. The summed E-state index contributed by atoms with van der Waals surface area (Å²) in [6, 6.07) is 8.57. The Morgan fingerprint density at radius 1 is 1.08 bits per heavy atom. The van der Waals surface area contributed by atoms with Crippen LogP contribution in [0, 0.1) is 0 Å². The molecule has 0 saturated carbocycles. The van der Waals surface area contributed by atoms with Gasteiger partial charge in [0.1, 0.15) is 22.8 Å². The molecule has 0 aliphatic carbocycles. The summed E-state index contributed by atoms with van der Waals surface area (Å²) in [5.74, 6) is 0.308. The van der Waals surface area contributed by atoms with Crippen molar-refractivity contribution in [2.75, 3.05) is 6.61 Å². The third-order valence-corrected chi connectivity index (χ3v) is 4.81. The van der Waals surface area contributed by atoms with Crippen LogP contribution < -0.4 is 9.47 Å². The van der Waals surface area contributed by atoms with Crippen LogP contribution in [0.3, 0.4) is 0 Å². The highest BCUT2D eigenvalue weighted by atomic mass is 32.2. The lowest BCUT2D eigenvalue weighted by Crippen LogP contribution is -2.29. The Labute approximate surface area is 148 Å². The van der Waals surface area contributed by atoms with E-state index in [2.05, 4.69) is 0 Å². The van der Waals surface area contributed by atoms with Crippen molar-refractivity contribution in [1.82, 2.24) is 0 Å². The van der Waals surface area contributed by atoms with E-state index in [0.717, 1.165) is 17.7 Å². The van der Waals surface area contributed by atoms with E-state index >= 15 is 0 Å². The summed E-state index contributed by atoms with van der Waals surface area (Å²) in [7, 11) is -4.49. The van der Waals surface area contributed by atoms with Gasteiger partial charge in [-0.15, -0.1) is 0 Å². The fourth-order valence-electron chi connectivity index (χ4n) is 2.58. The van der Waals surface area contributed by atoms with Crippen molar-refractivity contribution < 1.29 is 35.6 Å². The zero-order valence-corrected chi connectivity index (χ0v) is 14.1. The van der Waals surface area contributed by atoms with Gasteiger partial charge in [-0.2, -0.15) is 13.2 Å². The Hall–Kier alpha value is -2.26. The van der Waals surface area contributed by atoms with E-state index in [0.29, 0.717) is 12.8 Å². The van der Waals surface area contributed by atoms with Crippen LogP contribution in [-0.2, 0) is 22.7 Å². The molecule has 140 valence electrons. The highest BCUT2D eigenvalue weighted by Gasteiger charge is 2.32. The lowest BCUT2D eigenvalue weighted by atomic mass is 10.1.